The van der Waals surface area contributed by atoms with E-state index in [9.17, 15) is 9.59 Å². The second-order valence-electron chi connectivity index (χ2n) is 8.39. The van der Waals surface area contributed by atoms with Crippen LogP contribution in [-0.4, -0.2) is 36.5 Å². The van der Waals surface area contributed by atoms with Crippen molar-refractivity contribution < 1.29 is 13.9 Å². The largest absolute Gasteiger partial charge is 0.484 e. The fraction of sp³-hybridized carbons (Fsp3) is 0.385. The second-order valence-corrected chi connectivity index (χ2v) is 8.39. The van der Waals surface area contributed by atoms with Crippen LogP contribution in [-0.2, 0) is 17.8 Å². The number of hydrogen-bond acceptors (Lipinski definition) is 5. The SMILES string of the molecule is CCCc1cc(=O)oc2cc(OCC(=O)NC3CCN(Cc4ccccc4)CC3)ccc12. The quantitative estimate of drug-likeness (QED) is 0.545. The maximum absolute atomic E-state index is 12.4. The Kier molecular flexibility index (Phi) is 7.22. The normalized spacial score (nSPS) is 15.0. The van der Waals surface area contributed by atoms with Crippen molar-refractivity contribution in [2.75, 3.05) is 19.7 Å². The van der Waals surface area contributed by atoms with Gasteiger partial charge in [0, 0.05) is 43.2 Å². The van der Waals surface area contributed by atoms with Crippen LogP contribution in [0.15, 0.2) is 63.8 Å². The van der Waals surface area contributed by atoms with Crippen molar-refractivity contribution in [1.82, 2.24) is 10.2 Å². The summed E-state index contributed by atoms with van der Waals surface area (Å²) in [5.41, 5.74) is 2.41. The molecule has 2 aromatic carbocycles. The van der Waals surface area contributed by atoms with Gasteiger partial charge in [-0.3, -0.25) is 9.69 Å². The third-order valence-corrected chi connectivity index (χ3v) is 5.89. The second kappa shape index (κ2) is 10.5. The highest BCUT2D eigenvalue weighted by Gasteiger charge is 2.21. The summed E-state index contributed by atoms with van der Waals surface area (Å²) in [6, 6.07) is 17.6. The number of benzene rings is 2. The van der Waals surface area contributed by atoms with E-state index in [1.165, 1.54) is 5.56 Å². The van der Waals surface area contributed by atoms with Crippen molar-refractivity contribution in [2.24, 2.45) is 0 Å². The number of amides is 1. The van der Waals surface area contributed by atoms with Gasteiger partial charge >= 0.3 is 5.63 Å². The van der Waals surface area contributed by atoms with E-state index in [1.807, 2.05) is 18.2 Å². The fourth-order valence-corrected chi connectivity index (χ4v) is 4.27. The van der Waals surface area contributed by atoms with Gasteiger partial charge in [0.2, 0.25) is 0 Å². The number of ether oxygens (including phenoxy) is 1. The minimum Gasteiger partial charge on any atom is -0.484 e. The number of carbonyl (C=O) groups excluding carboxylic acids is 1. The molecule has 0 spiro atoms. The summed E-state index contributed by atoms with van der Waals surface area (Å²) in [6.07, 6.45) is 3.62. The molecule has 0 radical (unpaired) electrons. The van der Waals surface area contributed by atoms with Gasteiger partial charge in [-0.25, -0.2) is 4.79 Å². The van der Waals surface area contributed by atoms with Crippen LogP contribution in [0.3, 0.4) is 0 Å². The molecule has 1 N–H and O–H groups in total. The van der Waals surface area contributed by atoms with Crippen LogP contribution in [0.5, 0.6) is 5.75 Å². The molecule has 2 heterocycles. The van der Waals surface area contributed by atoms with Crippen LogP contribution in [0.4, 0.5) is 0 Å². The smallest absolute Gasteiger partial charge is 0.336 e. The third kappa shape index (κ3) is 5.77. The zero-order valence-electron chi connectivity index (χ0n) is 18.5. The van der Waals surface area contributed by atoms with Crippen molar-refractivity contribution in [3.05, 3.63) is 76.1 Å². The first-order chi connectivity index (χ1) is 15.6. The molecule has 0 atom stereocenters. The van der Waals surface area contributed by atoms with E-state index >= 15 is 0 Å². The number of fused-ring (bicyclic) bond motifs is 1. The number of piperidine rings is 1. The van der Waals surface area contributed by atoms with E-state index in [0.29, 0.717) is 11.3 Å². The Labute approximate surface area is 188 Å². The van der Waals surface area contributed by atoms with E-state index in [-0.39, 0.29) is 24.2 Å². The molecule has 1 aliphatic rings. The van der Waals surface area contributed by atoms with Crippen molar-refractivity contribution in [3.8, 4) is 5.75 Å². The standard InChI is InChI=1S/C26H30N2O4/c1-2-6-20-15-26(30)32-24-16-22(9-10-23(20)24)31-18-25(29)27-21-11-13-28(14-12-21)17-19-7-4-3-5-8-19/h3-5,7-10,15-16,21H,2,6,11-14,17-18H2,1H3,(H,27,29). The third-order valence-electron chi connectivity index (χ3n) is 5.89. The van der Waals surface area contributed by atoms with Gasteiger partial charge in [-0.05, 0) is 42.5 Å². The molecule has 0 aliphatic carbocycles. The monoisotopic (exact) mass is 434 g/mol. The zero-order chi connectivity index (χ0) is 22.3. The van der Waals surface area contributed by atoms with Crippen LogP contribution >= 0.6 is 0 Å². The maximum Gasteiger partial charge on any atom is 0.336 e. The van der Waals surface area contributed by atoms with Crippen molar-refractivity contribution >= 4 is 16.9 Å². The Morgan fingerprint density at radius 3 is 2.66 bits per heavy atom. The summed E-state index contributed by atoms with van der Waals surface area (Å²) < 4.78 is 11.0. The summed E-state index contributed by atoms with van der Waals surface area (Å²) in [5.74, 6) is 0.384. The van der Waals surface area contributed by atoms with Gasteiger partial charge in [-0.15, -0.1) is 0 Å². The number of hydrogen-bond donors (Lipinski definition) is 1. The molecule has 6 nitrogen and oxygen atoms in total. The summed E-state index contributed by atoms with van der Waals surface area (Å²) in [5, 5.41) is 3.99. The topological polar surface area (TPSA) is 71.8 Å². The van der Waals surface area contributed by atoms with Crippen LogP contribution in [0, 0.1) is 0 Å². The van der Waals surface area contributed by atoms with E-state index in [2.05, 4.69) is 41.4 Å². The van der Waals surface area contributed by atoms with E-state index in [0.717, 1.165) is 56.3 Å². The number of nitrogens with one attached hydrogen (secondary N) is 1. The van der Waals surface area contributed by atoms with E-state index in [4.69, 9.17) is 9.15 Å². The first-order valence-electron chi connectivity index (χ1n) is 11.4. The molecule has 0 saturated carbocycles. The Morgan fingerprint density at radius 2 is 1.91 bits per heavy atom. The number of rotatable bonds is 8. The first-order valence-corrected chi connectivity index (χ1v) is 11.4. The van der Waals surface area contributed by atoms with Gasteiger partial charge in [-0.1, -0.05) is 43.7 Å². The molecule has 0 bridgehead atoms. The van der Waals surface area contributed by atoms with Gasteiger partial charge in [-0.2, -0.15) is 0 Å². The summed E-state index contributed by atoms with van der Waals surface area (Å²) in [6.45, 7) is 4.88. The molecule has 3 aromatic rings. The highest BCUT2D eigenvalue weighted by atomic mass is 16.5. The highest BCUT2D eigenvalue weighted by Crippen LogP contribution is 2.23. The summed E-state index contributed by atoms with van der Waals surface area (Å²) in [7, 11) is 0. The number of aryl methyl sites for hydroxylation is 1. The lowest BCUT2D eigenvalue weighted by atomic mass is 10.0. The molecule has 0 unspecified atom stereocenters. The van der Waals surface area contributed by atoms with Crippen LogP contribution in [0.2, 0.25) is 0 Å². The molecule has 4 rings (SSSR count). The fourth-order valence-electron chi connectivity index (χ4n) is 4.27. The Hall–Kier alpha value is -3.12. The number of nitrogens with zero attached hydrogens (tertiary/aromatic N) is 1. The predicted molar refractivity (Wildman–Crippen MR) is 125 cm³/mol. The molecule has 1 aromatic heterocycles. The number of likely N-dealkylation sites (tertiary alicyclic amines) is 1. The lowest BCUT2D eigenvalue weighted by Crippen LogP contribution is -2.45. The summed E-state index contributed by atoms with van der Waals surface area (Å²) in [4.78, 5) is 26.6. The average molecular weight is 435 g/mol. The van der Waals surface area contributed by atoms with Crippen LogP contribution in [0.25, 0.3) is 11.0 Å². The van der Waals surface area contributed by atoms with Crippen molar-refractivity contribution in [1.29, 1.82) is 0 Å². The molecule has 1 saturated heterocycles. The zero-order valence-corrected chi connectivity index (χ0v) is 18.5. The van der Waals surface area contributed by atoms with Gasteiger partial charge in [0.05, 0.1) is 0 Å². The Bertz CT molecular complexity index is 1100. The van der Waals surface area contributed by atoms with Gasteiger partial charge in [0.15, 0.2) is 6.61 Å². The Morgan fingerprint density at radius 1 is 1.12 bits per heavy atom. The molecule has 168 valence electrons. The average Bonchev–Trinajstić information content (AvgIpc) is 2.79. The molecule has 1 aliphatic heterocycles. The molecule has 1 fully saturated rings. The minimum absolute atomic E-state index is 0.0609. The lowest BCUT2D eigenvalue weighted by Gasteiger charge is -2.32. The number of carbonyl (C=O) groups is 1. The lowest BCUT2D eigenvalue weighted by molar-refractivity contribution is -0.124. The van der Waals surface area contributed by atoms with Crippen LogP contribution < -0.4 is 15.7 Å². The maximum atomic E-state index is 12.4. The molecule has 1 amide bonds. The molecular weight excluding hydrogens is 404 g/mol. The van der Waals surface area contributed by atoms with Crippen LogP contribution in [0.1, 0.15) is 37.3 Å². The van der Waals surface area contributed by atoms with E-state index < -0.39 is 0 Å². The molecule has 32 heavy (non-hydrogen) atoms. The van der Waals surface area contributed by atoms with Gasteiger partial charge < -0.3 is 14.5 Å². The first kappa shape index (κ1) is 22.1. The minimum atomic E-state index is -0.366. The van der Waals surface area contributed by atoms with Crippen molar-refractivity contribution in [3.63, 3.8) is 0 Å². The predicted octanol–water partition coefficient (Wildman–Crippen LogP) is 3.91. The van der Waals surface area contributed by atoms with Gasteiger partial charge in [0.1, 0.15) is 11.3 Å². The highest BCUT2D eigenvalue weighted by molar-refractivity contribution is 5.82. The summed E-state index contributed by atoms with van der Waals surface area (Å²) >= 11 is 0. The van der Waals surface area contributed by atoms with E-state index in [1.54, 1.807) is 12.1 Å². The molecular formula is C26H30N2O4. The molecule has 6 heteroatoms. The van der Waals surface area contributed by atoms with Gasteiger partial charge in [0.25, 0.3) is 5.91 Å². The Balaban J connectivity index is 1.26. The van der Waals surface area contributed by atoms with Crippen molar-refractivity contribution in [2.45, 2.75) is 45.2 Å².